The highest BCUT2D eigenvalue weighted by atomic mass is 79.9. The number of hydrogen-bond donors (Lipinski definition) is 1. The summed E-state index contributed by atoms with van der Waals surface area (Å²) in [6, 6.07) is 1.76. The lowest BCUT2D eigenvalue weighted by molar-refractivity contribution is -0.275. The Morgan fingerprint density at radius 1 is 1.35 bits per heavy atom. The van der Waals surface area contributed by atoms with Crippen LogP contribution in [0, 0.1) is 0 Å². The van der Waals surface area contributed by atoms with Crippen LogP contribution in [0.3, 0.4) is 0 Å². The molecular formula is C8H7BrF3NO3S. The highest BCUT2D eigenvalue weighted by molar-refractivity contribution is 9.10. The van der Waals surface area contributed by atoms with Crippen molar-refractivity contribution in [1.82, 2.24) is 0 Å². The zero-order valence-electron chi connectivity index (χ0n) is 8.38. The van der Waals surface area contributed by atoms with Crippen molar-refractivity contribution in [1.29, 1.82) is 0 Å². The first kappa shape index (κ1) is 14.1. The van der Waals surface area contributed by atoms with Crippen LogP contribution in [0.5, 0.6) is 5.75 Å². The topological polar surface area (TPSA) is 69.4 Å². The van der Waals surface area contributed by atoms with Crippen molar-refractivity contribution in [3.8, 4) is 5.75 Å². The quantitative estimate of drug-likeness (QED) is 0.843. The standard InChI is InChI=1S/C8H7BrF3NO3S/c1-17(14,15)7-3-5(13)4(9)2-6(7)16-8(10,11)12/h2-3H,13H2,1H3. The van der Waals surface area contributed by atoms with Crippen LogP contribution in [0.4, 0.5) is 18.9 Å². The molecule has 4 nitrogen and oxygen atoms in total. The largest absolute Gasteiger partial charge is 0.573 e. The van der Waals surface area contributed by atoms with Crippen molar-refractivity contribution >= 4 is 31.5 Å². The maximum Gasteiger partial charge on any atom is 0.573 e. The molecule has 0 aliphatic carbocycles. The van der Waals surface area contributed by atoms with Gasteiger partial charge in [0.15, 0.2) is 9.84 Å². The Kier molecular flexibility index (Phi) is 3.63. The van der Waals surface area contributed by atoms with Gasteiger partial charge < -0.3 is 10.5 Å². The Bertz CT molecular complexity index is 542. The summed E-state index contributed by atoms with van der Waals surface area (Å²) in [6.07, 6.45) is -4.21. The van der Waals surface area contributed by atoms with E-state index in [1.165, 1.54) is 0 Å². The molecule has 0 bridgehead atoms. The molecule has 0 saturated carbocycles. The van der Waals surface area contributed by atoms with E-state index in [-0.39, 0.29) is 10.2 Å². The molecule has 0 saturated heterocycles. The van der Waals surface area contributed by atoms with E-state index in [0.29, 0.717) is 0 Å². The van der Waals surface area contributed by atoms with Crippen LogP contribution in [0.25, 0.3) is 0 Å². The lowest BCUT2D eigenvalue weighted by atomic mass is 10.3. The fraction of sp³-hybridized carbons (Fsp3) is 0.250. The SMILES string of the molecule is CS(=O)(=O)c1cc(N)c(Br)cc1OC(F)(F)F. The molecule has 0 spiro atoms. The molecule has 0 aliphatic rings. The van der Waals surface area contributed by atoms with Crippen LogP contribution in [0.15, 0.2) is 21.5 Å². The minimum absolute atomic E-state index is 0.0000468. The number of nitrogens with two attached hydrogens (primary N) is 1. The van der Waals surface area contributed by atoms with Gasteiger partial charge in [-0.1, -0.05) is 0 Å². The minimum Gasteiger partial charge on any atom is -0.404 e. The van der Waals surface area contributed by atoms with Gasteiger partial charge in [-0.3, -0.25) is 0 Å². The lowest BCUT2D eigenvalue weighted by Gasteiger charge is -2.13. The molecule has 0 amide bonds. The number of anilines is 1. The van der Waals surface area contributed by atoms with Gasteiger partial charge in [-0.15, -0.1) is 13.2 Å². The van der Waals surface area contributed by atoms with Crippen LogP contribution in [-0.4, -0.2) is 21.0 Å². The summed E-state index contributed by atoms with van der Waals surface area (Å²) in [4.78, 5) is -0.615. The van der Waals surface area contributed by atoms with E-state index in [2.05, 4.69) is 20.7 Å². The second-order valence-corrected chi connectivity index (χ2v) is 5.98. The highest BCUT2D eigenvalue weighted by Crippen LogP contribution is 2.35. The van der Waals surface area contributed by atoms with Crippen molar-refractivity contribution in [2.24, 2.45) is 0 Å². The molecule has 0 unspecified atom stereocenters. The van der Waals surface area contributed by atoms with Gasteiger partial charge in [-0.05, 0) is 28.1 Å². The van der Waals surface area contributed by atoms with E-state index >= 15 is 0 Å². The summed E-state index contributed by atoms with van der Waals surface area (Å²) in [5, 5.41) is 0. The summed E-state index contributed by atoms with van der Waals surface area (Å²) in [6.45, 7) is 0. The average molecular weight is 334 g/mol. The second-order valence-electron chi connectivity index (χ2n) is 3.14. The van der Waals surface area contributed by atoms with Crippen molar-refractivity contribution in [2.45, 2.75) is 11.3 Å². The van der Waals surface area contributed by atoms with Crippen molar-refractivity contribution in [3.63, 3.8) is 0 Å². The maximum atomic E-state index is 12.1. The van der Waals surface area contributed by atoms with Crippen LogP contribution in [0.1, 0.15) is 0 Å². The number of ether oxygens (including phenoxy) is 1. The normalized spacial score (nSPS) is 12.5. The number of halogens is 4. The van der Waals surface area contributed by atoms with E-state index in [9.17, 15) is 21.6 Å². The van der Waals surface area contributed by atoms with Gasteiger partial charge in [-0.2, -0.15) is 0 Å². The monoisotopic (exact) mass is 333 g/mol. The number of hydrogen-bond acceptors (Lipinski definition) is 4. The number of rotatable bonds is 2. The molecule has 0 radical (unpaired) electrons. The fourth-order valence-corrected chi connectivity index (χ4v) is 2.17. The predicted molar refractivity (Wildman–Crippen MR) is 58.3 cm³/mol. The molecule has 0 atom stereocenters. The van der Waals surface area contributed by atoms with E-state index < -0.39 is 26.8 Å². The van der Waals surface area contributed by atoms with Crippen LogP contribution >= 0.6 is 15.9 Å². The third-order valence-corrected chi connectivity index (χ3v) is 3.49. The molecule has 2 N–H and O–H groups in total. The number of benzene rings is 1. The predicted octanol–water partition coefficient (Wildman–Crippen LogP) is 2.33. The van der Waals surface area contributed by atoms with Crippen molar-refractivity contribution in [2.75, 3.05) is 12.0 Å². The number of alkyl halides is 3. The third kappa shape index (κ3) is 3.77. The first-order chi connectivity index (χ1) is 7.50. The summed E-state index contributed by atoms with van der Waals surface area (Å²) in [7, 11) is -3.87. The lowest BCUT2D eigenvalue weighted by Crippen LogP contribution is -2.19. The van der Waals surface area contributed by atoms with Gasteiger partial charge >= 0.3 is 6.36 Å². The molecule has 1 rings (SSSR count). The van der Waals surface area contributed by atoms with Crippen LogP contribution < -0.4 is 10.5 Å². The second kappa shape index (κ2) is 4.37. The summed E-state index contributed by atoms with van der Waals surface area (Å²) >= 11 is 2.89. The zero-order valence-corrected chi connectivity index (χ0v) is 10.8. The fourth-order valence-electron chi connectivity index (χ4n) is 1.05. The van der Waals surface area contributed by atoms with E-state index in [4.69, 9.17) is 5.73 Å². The molecule has 17 heavy (non-hydrogen) atoms. The Balaban J connectivity index is 3.42. The molecule has 0 fully saturated rings. The maximum absolute atomic E-state index is 12.1. The molecule has 96 valence electrons. The summed E-state index contributed by atoms with van der Waals surface area (Å²) in [5.74, 6) is -0.818. The first-order valence-corrected chi connectivity index (χ1v) is 6.74. The summed E-state index contributed by atoms with van der Waals surface area (Å²) < 4.78 is 62.5. The van der Waals surface area contributed by atoms with Crippen molar-refractivity contribution in [3.05, 3.63) is 16.6 Å². The molecule has 0 aliphatic heterocycles. The third-order valence-electron chi connectivity index (χ3n) is 1.69. The Morgan fingerprint density at radius 3 is 2.29 bits per heavy atom. The highest BCUT2D eigenvalue weighted by Gasteiger charge is 2.33. The smallest absolute Gasteiger partial charge is 0.404 e. The summed E-state index contributed by atoms with van der Waals surface area (Å²) in [5.41, 5.74) is 5.40. The first-order valence-electron chi connectivity index (χ1n) is 4.05. The van der Waals surface area contributed by atoms with Gasteiger partial charge in [0.05, 0.1) is 0 Å². The van der Waals surface area contributed by atoms with E-state index in [0.717, 1.165) is 18.4 Å². The van der Waals surface area contributed by atoms with E-state index in [1.54, 1.807) is 0 Å². The molecular weight excluding hydrogens is 327 g/mol. The molecule has 9 heteroatoms. The van der Waals surface area contributed by atoms with Crippen LogP contribution in [-0.2, 0) is 9.84 Å². The van der Waals surface area contributed by atoms with Crippen molar-refractivity contribution < 1.29 is 26.3 Å². The molecule has 1 aromatic carbocycles. The van der Waals surface area contributed by atoms with Crippen LogP contribution in [0.2, 0.25) is 0 Å². The number of nitrogen functional groups attached to an aromatic ring is 1. The van der Waals surface area contributed by atoms with E-state index in [1.807, 2.05) is 0 Å². The molecule has 0 aromatic heterocycles. The Morgan fingerprint density at radius 2 is 1.88 bits per heavy atom. The van der Waals surface area contributed by atoms with Gasteiger partial charge in [0.25, 0.3) is 0 Å². The average Bonchev–Trinajstić information content (AvgIpc) is 2.06. The van der Waals surface area contributed by atoms with Gasteiger partial charge in [-0.25, -0.2) is 8.42 Å². The van der Waals surface area contributed by atoms with Gasteiger partial charge in [0.1, 0.15) is 10.6 Å². The van der Waals surface area contributed by atoms with Gasteiger partial charge in [0, 0.05) is 16.4 Å². The number of sulfone groups is 1. The minimum atomic E-state index is -4.98. The Labute approximate surface area is 104 Å². The molecule has 1 aromatic rings. The molecule has 0 heterocycles. The Hall–Kier alpha value is -0.960. The van der Waals surface area contributed by atoms with Gasteiger partial charge in [0.2, 0.25) is 0 Å². The zero-order chi connectivity index (χ0) is 13.4.